The van der Waals surface area contributed by atoms with Gasteiger partial charge in [0.2, 0.25) is 0 Å². The smallest absolute Gasteiger partial charge is 0.337 e. The Bertz CT molecular complexity index is 952. The van der Waals surface area contributed by atoms with E-state index in [9.17, 15) is 18.0 Å². The van der Waals surface area contributed by atoms with Crippen molar-refractivity contribution in [1.82, 2.24) is 0 Å². The minimum absolute atomic E-state index is 0.0626. The fraction of sp³-hybridized carbons (Fsp3) is 0.364. The van der Waals surface area contributed by atoms with Crippen LogP contribution in [0.1, 0.15) is 42.6 Å². The second kappa shape index (κ2) is 10.9. The molecule has 2 rings (SSSR count). The van der Waals surface area contributed by atoms with Gasteiger partial charge >= 0.3 is 11.9 Å². The van der Waals surface area contributed by atoms with Crippen LogP contribution >= 0.6 is 0 Å². The number of carbonyl (C=O) groups is 2. The van der Waals surface area contributed by atoms with Gasteiger partial charge < -0.3 is 9.47 Å². The molecular formula is C22H26O7S. The highest BCUT2D eigenvalue weighted by molar-refractivity contribution is 7.86. The molecule has 2 aromatic carbocycles. The minimum atomic E-state index is -4.31. The highest BCUT2D eigenvalue weighted by Gasteiger charge is 2.29. The molecule has 0 fully saturated rings. The SMILES string of the molecule is COC(=O)c1cccc(S(=O)(=O)O[C@H](CCCc2ccccc2)C(=O)OC(C)C)c1. The molecule has 8 heteroatoms. The number of benzene rings is 2. The summed E-state index contributed by atoms with van der Waals surface area (Å²) >= 11 is 0. The Morgan fingerprint density at radius 3 is 2.33 bits per heavy atom. The number of carbonyl (C=O) groups excluding carboxylic acids is 2. The third kappa shape index (κ3) is 6.96. The second-order valence-electron chi connectivity index (χ2n) is 6.92. The van der Waals surface area contributed by atoms with Crippen molar-refractivity contribution in [2.45, 2.75) is 50.2 Å². The van der Waals surface area contributed by atoms with Crippen LogP contribution in [0.4, 0.5) is 0 Å². The molecule has 0 heterocycles. The van der Waals surface area contributed by atoms with Gasteiger partial charge in [-0.15, -0.1) is 0 Å². The summed E-state index contributed by atoms with van der Waals surface area (Å²) in [5.74, 6) is -1.42. The first-order valence-corrected chi connectivity index (χ1v) is 11.0. The van der Waals surface area contributed by atoms with Gasteiger partial charge in [0.05, 0.1) is 23.7 Å². The number of esters is 2. The van der Waals surface area contributed by atoms with Crippen molar-refractivity contribution in [3.8, 4) is 0 Å². The molecule has 0 spiro atoms. The van der Waals surface area contributed by atoms with Crippen LogP contribution in [0.3, 0.4) is 0 Å². The summed E-state index contributed by atoms with van der Waals surface area (Å²) in [5, 5.41) is 0. The fourth-order valence-corrected chi connectivity index (χ4v) is 3.86. The maximum Gasteiger partial charge on any atom is 0.337 e. The van der Waals surface area contributed by atoms with Crippen LogP contribution in [-0.2, 0) is 35.0 Å². The molecule has 0 radical (unpaired) electrons. The van der Waals surface area contributed by atoms with E-state index in [-0.39, 0.29) is 16.9 Å². The number of ether oxygens (including phenoxy) is 2. The van der Waals surface area contributed by atoms with Gasteiger partial charge in [0.15, 0.2) is 6.10 Å². The monoisotopic (exact) mass is 434 g/mol. The van der Waals surface area contributed by atoms with E-state index in [0.717, 1.165) is 11.6 Å². The van der Waals surface area contributed by atoms with Gasteiger partial charge in [-0.1, -0.05) is 36.4 Å². The molecule has 0 aliphatic heterocycles. The quantitative estimate of drug-likeness (QED) is 0.417. The Kier molecular flexibility index (Phi) is 8.56. The Hall–Kier alpha value is -2.71. The van der Waals surface area contributed by atoms with Crippen molar-refractivity contribution >= 4 is 22.1 Å². The molecule has 0 amide bonds. The van der Waals surface area contributed by atoms with Gasteiger partial charge in [-0.05, 0) is 56.9 Å². The predicted molar refractivity (Wildman–Crippen MR) is 110 cm³/mol. The molecule has 0 bridgehead atoms. The van der Waals surface area contributed by atoms with E-state index in [4.69, 9.17) is 8.92 Å². The molecular weight excluding hydrogens is 408 g/mol. The lowest BCUT2D eigenvalue weighted by Gasteiger charge is -2.18. The topological polar surface area (TPSA) is 96.0 Å². The van der Waals surface area contributed by atoms with E-state index in [0.29, 0.717) is 12.8 Å². The Labute approximate surface area is 177 Å². The molecule has 0 saturated carbocycles. The molecule has 162 valence electrons. The summed E-state index contributed by atoms with van der Waals surface area (Å²) in [6, 6.07) is 14.9. The third-order valence-electron chi connectivity index (χ3n) is 4.18. The molecule has 0 unspecified atom stereocenters. The lowest BCUT2D eigenvalue weighted by Crippen LogP contribution is -2.31. The van der Waals surface area contributed by atoms with Crippen molar-refractivity contribution in [3.05, 3.63) is 65.7 Å². The zero-order valence-corrected chi connectivity index (χ0v) is 18.1. The largest absolute Gasteiger partial charge is 0.465 e. The predicted octanol–water partition coefficient (Wildman–Crippen LogP) is 3.52. The van der Waals surface area contributed by atoms with E-state index in [2.05, 4.69) is 4.74 Å². The molecule has 0 saturated heterocycles. The average molecular weight is 435 g/mol. The summed E-state index contributed by atoms with van der Waals surface area (Å²) in [5.41, 5.74) is 1.13. The summed E-state index contributed by atoms with van der Waals surface area (Å²) in [6.07, 6.45) is -0.352. The average Bonchev–Trinajstić information content (AvgIpc) is 2.72. The van der Waals surface area contributed by atoms with Crippen molar-refractivity contribution in [1.29, 1.82) is 0 Å². The van der Waals surface area contributed by atoms with Crippen LogP contribution in [0.25, 0.3) is 0 Å². The van der Waals surface area contributed by atoms with Gasteiger partial charge in [-0.3, -0.25) is 4.18 Å². The van der Waals surface area contributed by atoms with Crippen molar-refractivity contribution in [2.24, 2.45) is 0 Å². The molecule has 0 aromatic heterocycles. The van der Waals surface area contributed by atoms with Gasteiger partial charge in [-0.2, -0.15) is 8.42 Å². The van der Waals surface area contributed by atoms with E-state index in [1.807, 2.05) is 30.3 Å². The van der Waals surface area contributed by atoms with Crippen LogP contribution < -0.4 is 0 Å². The summed E-state index contributed by atoms with van der Waals surface area (Å²) in [7, 11) is -3.11. The van der Waals surface area contributed by atoms with Crippen molar-refractivity contribution in [2.75, 3.05) is 7.11 Å². The zero-order chi connectivity index (χ0) is 22.1. The first-order chi connectivity index (χ1) is 14.2. The molecule has 30 heavy (non-hydrogen) atoms. The first kappa shape index (κ1) is 23.6. The maximum absolute atomic E-state index is 12.7. The zero-order valence-electron chi connectivity index (χ0n) is 17.2. The van der Waals surface area contributed by atoms with Crippen LogP contribution in [0.2, 0.25) is 0 Å². The molecule has 2 aromatic rings. The lowest BCUT2D eigenvalue weighted by atomic mass is 10.1. The molecule has 0 aliphatic rings. The van der Waals surface area contributed by atoms with E-state index in [1.165, 1.54) is 25.3 Å². The number of aryl methyl sites for hydroxylation is 1. The van der Waals surface area contributed by atoms with Crippen molar-refractivity contribution < 1.29 is 31.7 Å². The Morgan fingerprint density at radius 2 is 1.70 bits per heavy atom. The molecule has 7 nitrogen and oxygen atoms in total. The third-order valence-corrected chi connectivity index (χ3v) is 5.49. The van der Waals surface area contributed by atoms with Crippen LogP contribution in [0.5, 0.6) is 0 Å². The first-order valence-electron chi connectivity index (χ1n) is 9.59. The van der Waals surface area contributed by atoms with Gasteiger partial charge in [0, 0.05) is 0 Å². The normalized spacial score (nSPS) is 12.4. The number of rotatable bonds is 10. The van der Waals surface area contributed by atoms with Crippen LogP contribution in [0, 0.1) is 0 Å². The Morgan fingerprint density at radius 1 is 1.00 bits per heavy atom. The standard InChI is InChI=1S/C22H26O7S/c1-16(2)28-22(24)20(14-7-11-17-9-5-4-6-10-17)29-30(25,26)19-13-8-12-18(15-19)21(23)27-3/h4-6,8-10,12-13,15-16,20H,7,11,14H2,1-3H3/t20-/m1/s1. The summed E-state index contributed by atoms with van der Waals surface area (Å²) < 4.78 is 40.5. The molecule has 0 aliphatic carbocycles. The van der Waals surface area contributed by atoms with E-state index in [1.54, 1.807) is 13.8 Å². The van der Waals surface area contributed by atoms with Crippen LogP contribution in [0.15, 0.2) is 59.5 Å². The number of methoxy groups -OCH3 is 1. The van der Waals surface area contributed by atoms with E-state index < -0.39 is 34.3 Å². The van der Waals surface area contributed by atoms with Gasteiger partial charge in [0.25, 0.3) is 10.1 Å². The molecule has 1 atom stereocenters. The second-order valence-corrected chi connectivity index (χ2v) is 8.49. The number of hydrogen-bond acceptors (Lipinski definition) is 7. The Balaban J connectivity index is 2.16. The molecule has 0 N–H and O–H groups in total. The fourth-order valence-electron chi connectivity index (χ4n) is 2.75. The summed E-state index contributed by atoms with van der Waals surface area (Å²) in [6.45, 7) is 3.35. The minimum Gasteiger partial charge on any atom is -0.465 e. The van der Waals surface area contributed by atoms with Gasteiger partial charge in [-0.25, -0.2) is 9.59 Å². The lowest BCUT2D eigenvalue weighted by molar-refractivity contribution is -0.156. The van der Waals surface area contributed by atoms with Gasteiger partial charge in [0.1, 0.15) is 0 Å². The maximum atomic E-state index is 12.7. The van der Waals surface area contributed by atoms with Crippen LogP contribution in [-0.4, -0.2) is 39.7 Å². The van der Waals surface area contributed by atoms with Crippen molar-refractivity contribution in [3.63, 3.8) is 0 Å². The highest BCUT2D eigenvalue weighted by Crippen LogP contribution is 2.20. The highest BCUT2D eigenvalue weighted by atomic mass is 32.2. The summed E-state index contributed by atoms with van der Waals surface area (Å²) in [4.78, 5) is 23.9. The number of hydrogen-bond donors (Lipinski definition) is 0. The van der Waals surface area contributed by atoms with E-state index >= 15 is 0 Å².